The van der Waals surface area contributed by atoms with Crippen LogP contribution in [0.25, 0.3) is 0 Å². The van der Waals surface area contributed by atoms with Crippen LogP contribution in [0.3, 0.4) is 0 Å². The maximum atomic E-state index is 12.2. The summed E-state index contributed by atoms with van der Waals surface area (Å²) in [6, 6.07) is 11.8. The molecule has 0 aliphatic rings. The van der Waals surface area contributed by atoms with Crippen LogP contribution < -0.4 is 15.6 Å². The lowest BCUT2D eigenvalue weighted by atomic mass is 10.2. The van der Waals surface area contributed by atoms with Crippen molar-refractivity contribution in [3.05, 3.63) is 69.8 Å². The van der Waals surface area contributed by atoms with E-state index in [1.807, 2.05) is 13.8 Å². The molecular weight excluding hydrogens is 338 g/mol. The Morgan fingerprint density at radius 2 is 1.65 bits per heavy atom. The minimum Gasteiger partial charge on any atom is -0.491 e. The van der Waals surface area contributed by atoms with Crippen LogP contribution >= 0.6 is 0 Å². The van der Waals surface area contributed by atoms with E-state index in [0.717, 1.165) is 12.5 Å². The van der Waals surface area contributed by atoms with E-state index in [-0.39, 0.29) is 17.4 Å². The lowest BCUT2D eigenvalue weighted by Gasteiger charge is -2.13. The van der Waals surface area contributed by atoms with Gasteiger partial charge in [-0.25, -0.2) is 0 Å². The maximum absolute atomic E-state index is 12.2. The third-order valence-electron chi connectivity index (χ3n) is 3.62. The first-order valence-corrected chi connectivity index (χ1v) is 8.02. The highest BCUT2D eigenvalue weighted by atomic mass is 16.6. The summed E-state index contributed by atoms with van der Waals surface area (Å²) in [5.41, 5.74) is 4.67. The number of carbonyl (C=O) groups excluding carboxylic acids is 2. The third kappa shape index (κ3) is 5.04. The Morgan fingerprint density at radius 3 is 2.23 bits per heavy atom. The molecule has 0 aliphatic heterocycles. The number of amides is 2. The molecule has 8 nitrogen and oxygen atoms in total. The number of ether oxygens (including phenoxy) is 1. The van der Waals surface area contributed by atoms with Crippen LogP contribution in [0.2, 0.25) is 0 Å². The summed E-state index contributed by atoms with van der Waals surface area (Å²) in [4.78, 5) is 34.4. The average molecular weight is 357 g/mol. The molecule has 136 valence electrons. The van der Waals surface area contributed by atoms with Crippen molar-refractivity contribution < 1.29 is 19.2 Å². The minimum absolute atomic E-state index is 0.0156. The second kappa shape index (κ2) is 8.61. The van der Waals surface area contributed by atoms with Gasteiger partial charge in [0.05, 0.1) is 11.0 Å². The highest BCUT2D eigenvalue weighted by Gasteiger charge is 2.13. The van der Waals surface area contributed by atoms with E-state index in [4.69, 9.17) is 4.74 Å². The van der Waals surface area contributed by atoms with Crippen LogP contribution in [0.4, 0.5) is 5.69 Å². The minimum atomic E-state index is -0.658. The van der Waals surface area contributed by atoms with Crippen molar-refractivity contribution in [1.29, 1.82) is 0 Å². The molecule has 26 heavy (non-hydrogen) atoms. The monoisotopic (exact) mass is 357 g/mol. The first-order chi connectivity index (χ1) is 12.4. The van der Waals surface area contributed by atoms with E-state index in [9.17, 15) is 19.7 Å². The summed E-state index contributed by atoms with van der Waals surface area (Å²) >= 11 is 0. The maximum Gasteiger partial charge on any atom is 0.270 e. The highest BCUT2D eigenvalue weighted by molar-refractivity contribution is 5.99. The zero-order valence-electron chi connectivity index (χ0n) is 14.4. The lowest BCUT2D eigenvalue weighted by molar-refractivity contribution is -0.384. The summed E-state index contributed by atoms with van der Waals surface area (Å²) in [6.07, 6.45) is 0.845. The summed E-state index contributed by atoms with van der Waals surface area (Å²) in [5, 5.41) is 10.7. The molecule has 2 rings (SSSR count). The van der Waals surface area contributed by atoms with Gasteiger partial charge in [-0.15, -0.1) is 0 Å². The number of nitrogens with one attached hydrogen (secondary N) is 2. The average Bonchev–Trinajstić information content (AvgIpc) is 2.65. The molecule has 2 N–H and O–H groups in total. The molecule has 0 bridgehead atoms. The van der Waals surface area contributed by atoms with Gasteiger partial charge in [0.25, 0.3) is 17.5 Å². The first kappa shape index (κ1) is 18.9. The number of benzene rings is 2. The molecule has 2 amide bonds. The fraction of sp³-hybridized carbons (Fsp3) is 0.222. The zero-order chi connectivity index (χ0) is 19.1. The zero-order valence-corrected chi connectivity index (χ0v) is 14.4. The second-order valence-corrected chi connectivity index (χ2v) is 5.58. The fourth-order valence-corrected chi connectivity index (χ4v) is 2.04. The van der Waals surface area contributed by atoms with Crippen LogP contribution in [-0.2, 0) is 0 Å². The van der Waals surface area contributed by atoms with Crippen LogP contribution in [0.5, 0.6) is 5.75 Å². The van der Waals surface area contributed by atoms with Gasteiger partial charge in [-0.05, 0) is 37.6 Å². The molecule has 1 atom stereocenters. The number of non-ortho nitro benzene ring substituents is 1. The number of nitrogens with zero attached hydrogens (tertiary/aromatic N) is 1. The Hall–Kier alpha value is -3.42. The Labute approximate surface area is 150 Å². The van der Waals surface area contributed by atoms with Gasteiger partial charge in [0.2, 0.25) is 0 Å². The van der Waals surface area contributed by atoms with Crippen LogP contribution in [0, 0.1) is 10.1 Å². The van der Waals surface area contributed by atoms with Crippen LogP contribution in [-0.4, -0.2) is 22.8 Å². The van der Waals surface area contributed by atoms with Crippen LogP contribution in [0.15, 0.2) is 48.5 Å². The Bertz CT molecular complexity index is 822. The first-order valence-electron chi connectivity index (χ1n) is 8.02. The summed E-state index contributed by atoms with van der Waals surface area (Å²) < 4.78 is 5.65. The van der Waals surface area contributed by atoms with E-state index in [0.29, 0.717) is 11.3 Å². The summed E-state index contributed by atoms with van der Waals surface area (Å²) in [7, 11) is 0. The Kier molecular flexibility index (Phi) is 6.26. The van der Waals surface area contributed by atoms with Crippen molar-refractivity contribution in [2.75, 3.05) is 0 Å². The van der Waals surface area contributed by atoms with E-state index < -0.39 is 16.7 Å². The molecule has 2 aromatic carbocycles. The molecule has 8 heteroatoms. The molecule has 0 fully saturated rings. The molecule has 1 unspecified atom stereocenters. The highest BCUT2D eigenvalue weighted by Crippen LogP contribution is 2.16. The molecule has 0 radical (unpaired) electrons. The molecule has 0 aromatic heterocycles. The largest absolute Gasteiger partial charge is 0.491 e. The predicted octanol–water partition coefficient (Wildman–Crippen LogP) is 2.85. The second-order valence-electron chi connectivity index (χ2n) is 5.58. The van der Waals surface area contributed by atoms with E-state index in [1.165, 1.54) is 18.2 Å². The lowest BCUT2D eigenvalue weighted by Crippen LogP contribution is -2.41. The number of nitro benzene ring substituents is 1. The van der Waals surface area contributed by atoms with Gasteiger partial charge in [-0.2, -0.15) is 0 Å². The van der Waals surface area contributed by atoms with Crippen molar-refractivity contribution in [2.45, 2.75) is 26.4 Å². The van der Waals surface area contributed by atoms with Gasteiger partial charge in [0.1, 0.15) is 5.75 Å². The van der Waals surface area contributed by atoms with Gasteiger partial charge in [0.15, 0.2) is 0 Å². The van der Waals surface area contributed by atoms with Crippen molar-refractivity contribution in [1.82, 2.24) is 10.9 Å². The van der Waals surface area contributed by atoms with Crippen molar-refractivity contribution in [3.63, 3.8) is 0 Å². The molecule has 0 saturated heterocycles. The molecular formula is C18H19N3O5. The topological polar surface area (TPSA) is 111 Å². The van der Waals surface area contributed by atoms with E-state index >= 15 is 0 Å². The van der Waals surface area contributed by atoms with Gasteiger partial charge >= 0.3 is 0 Å². The quantitative estimate of drug-likeness (QED) is 0.610. The normalized spacial score (nSPS) is 11.3. The van der Waals surface area contributed by atoms with Crippen molar-refractivity contribution >= 4 is 17.5 Å². The number of nitro groups is 1. The number of carbonyl (C=O) groups is 2. The summed E-state index contributed by atoms with van der Waals surface area (Å²) in [6.45, 7) is 3.91. The molecule has 0 saturated carbocycles. The number of hydrogen-bond acceptors (Lipinski definition) is 5. The predicted molar refractivity (Wildman–Crippen MR) is 94.9 cm³/mol. The smallest absolute Gasteiger partial charge is 0.270 e. The van der Waals surface area contributed by atoms with Crippen molar-refractivity contribution in [3.8, 4) is 5.75 Å². The Balaban J connectivity index is 2.00. The number of hydrazine groups is 1. The van der Waals surface area contributed by atoms with Gasteiger partial charge in [0, 0.05) is 23.3 Å². The molecule has 0 aliphatic carbocycles. The fourth-order valence-electron chi connectivity index (χ4n) is 2.04. The molecule has 0 spiro atoms. The van der Waals surface area contributed by atoms with Crippen molar-refractivity contribution in [2.24, 2.45) is 0 Å². The van der Waals surface area contributed by atoms with Gasteiger partial charge in [-0.1, -0.05) is 19.1 Å². The standard InChI is InChI=1S/C18H19N3O5/c1-3-12(2)26-16-9-5-7-14(11-16)18(23)20-19-17(22)13-6-4-8-15(10-13)21(24)25/h4-12H,3H2,1-2H3,(H,19,22)(H,20,23). The third-order valence-corrected chi connectivity index (χ3v) is 3.62. The molecule has 2 aromatic rings. The van der Waals surface area contributed by atoms with Gasteiger partial charge < -0.3 is 4.74 Å². The number of hydrogen-bond donors (Lipinski definition) is 2. The Morgan fingerprint density at radius 1 is 1.08 bits per heavy atom. The van der Waals surface area contributed by atoms with E-state index in [1.54, 1.807) is 24.3 Å². The van der Waals surface area contributed by atoms with Crippen LogP contribution in [0.1, 0.15) is 41.0 Å². The van der Waals surface area contributed by atoms with Gasteiger partial charge in [-0.3, -0.25) is 30.6 Å². The summed E-state index contributed by atoms with van der Waals surface area (Å²) in [5.74, 6) is -0.635. The molecule has 0 heterocycles. The SMILES string of the molecule is CCC(C)Oc1cccc(C(=O)NNC(=O)c2cccc([N+](=O)[O-])c2)c1. The number of rotatable bonds is 6. The van der Waals surface area contributed by atoms with E-state index in [2.05, 4.69) is 10.9 Å².